The predicted molar refractivity (Wildman–Crippen MR) is 124 cm³/mol. The van der Waals surface area contributed by atoms with E-state index in [1.807, 2.05) is 75.4 Å². The molecule has 0 aliphatic carbocycles. The Balaban J connectivity index is 2.10. The van der Waals surface area contributed by atoms with Gasteiger partial charge in [-0.05, 0) is 56.9 Å². The van der Waals surface area contributed by atoms with Gasteiger partial charge in [0.2, 0.25) is 0 Å². The highest BCUT2D eigenvalue weighted by Gasteiger charge is 2.46. The molecule has 172 valence electrons. The Kier molecular flexibility index (Phi) is 7.26. The number of hydrogen-bond donors (Lipinski definition) is 2. The molecule has 0 radical (unpaired) electrons. The van der Waals surface area contributed by atoms with Crippen molar-refractivity contribution in [3.63, 3.8) is 0 Å². The highest BCUT2D eigenvalue weighted by atomic mass is 16.6. The van der Waals surface area contributed by atoms with Crippen LogP contribution in [0.25, 0.3) is 5.57 Å². The maximum atomic E-state index is 13.1. The van der Waals surface area contributed by atoms with E-state index in [1.165, 1.54) is 0 Å². The summed E-state index contributed by atoms with van der Waals surface area (Å²) in [6.45, 7) is 5.66. The quantitative estimate of drug-likeness (QED) is 0.713. The molecule has 0 aromatic heterocycles. The van der Waals surface area contributed by atoms with Gasteiger partial charge in [-0.25, -0.2) is 4.79 Å². The zero-order valence-corrected chi connectivity index (χ0v) is 19.2. The predicted octanol–water partition coefficient (Wildman–Crippen LogP) is 4.57. The zero-order valence-electron chi connectivity index (χ0n) is 19.2. The summed E-state index contributed by atoms with van der Waals surface area (Å²) >= 11 is 0. The first kappa shape index (κ1) is 23.8. The molecule has 2 aromatic carbocycles. The summed E-state index contributed by atoms with van der Waals surface area (Å²) in [4.78, 5) is 14.7. The molecule has 1 amide bonds. The van der Waals surface area contributed by atoms with Gasteiger partial charge in [-0.3, -0.25) is 4.90 Å². The van der Waals surface area contributed by atoms with Crippen LogP contribution in [-0.2, 0) is 4.74 Å². The van der Waals surface area contributed by atoms with Crippen molar-refractivity contribution in [1.82, 2.24) is 4.90 Å². The number of aliphatic hydroxyl groups is 2. The molecule has 0 bridgehead atoms. The van der Waals surface area contributed by atoms with Gasteiger partial charge in [0, 0.05) is 12.1 Å². The van der Waals surface area contributed by atoms with E-state index in [4.69, 9.17) is 9.47 Å². The average molecular weight is 440 g/mol. The van der Waals surface area contributed by atoms with Crippen molar-refractivity contribution in [2.24, 2.45) is 0 Å². The minimum atomic E-state index is -1.41. The smallest absolute Gasteiger partial charge is 0.410 e. The van der Waals surface area contributed by atoms with E-state index in [-0.39, 0.29) is 6.61 Å². The number of nitrogens with zero attached hydrogens (tertiary/aromatic N) is 1. The Morgan fingerprint density at radius 2 is 1.81 bits per heavy atom. The van der Waals surface area contributed by atoms with Gasteiger partial charge in [0.1, 0.15) is 17.0 Å². The fraction of sp³-hybridized carbons (Fsp3) is 0.423. The number of ether oxygens (including phenoxy) is 2. The third kappa shape index (κ3) is 5.31. The standard InChI is InChI=1S/C26H33NO5/c1-25(2,3)32-24(29)27-16-10-15-26(30,23(27)19-11-6-5-7-12-19)17-20(18-28)21-13-8-9-14-22(21)31-4/h5-9,11-14,17,23,28,30H,10,15-16,18H2,1-4H3/b20-17+. The van der Waals surface area contributed by atoms with Gasteiger partial charge in [0.05, 0.1) is 19.8 Å². The van der Waals surface area contributed by atoms with E-state index >= 15 is 0 Å². The van der Waals surface area contributed by atoms with E-state index in [1.54, 1.807) is 18.1 Å². The van der Waals surface area contributed by atoms with Crippen molar-refractivity contribution in [1.29, 1.82) is 0 Å². The van der Waals surface area contributed by atoms with Gasteiger partial charge in [-0.1, -0.05) is 48.5 Å². The van der Waals surface area contributed by atoms with Gasteiger partial charge in [-0.2, -0.15) is 0 Å². The molecule has 2 N–H and O–H groups in total. The van der Waals surface area contributed by atoms with Crippen molar-refractivity contribution in [2.75, 3.05) is 20.3 Å². The normalized spacial score (nSPS) is 21.9. The van der Waals surface area contributed by atoms with Crippen molar-refractivity contribution in [3.05, 3.63) is 71.8 Å². The maximum absolute atomic E-state index is 13.1. The maximum Gasteiger partial charge on any atom is 0.410 e. The number of amides is 1. The lowest BCUT2D eigenvalue weighted by Crippen LogP contribution is -2.53. The van der Waals surface area contributed by atoms with Crippen molar-refractivity contribution >= 4 is 11.7 Å². The van der Waals surface area contributed by atoms with Crippen LogP contribution in [-0.4, -0.2) is 52.7 Å². The Morgan fingerprint density at radius 1 is 1.16 bits per heavy atom. The molecule has 1 aliphatic rings. The SMILES string of the molecule is COc1ccccc1/C(=C/C1(O)CCCN(C(=O)OC(C)(C)C)C1c1ccccc1)CO. The van der Waals surface area contributed by atoms with Crippen molar-refractivity contribution in [3.8, 4) is 5.75 Å². The average Bonchev–Trinajstić information content (AvgIpc) is 2.76. The Hall–Kier alpha value is -2.83. The first-order valence-electron chi connectivity index (χ1n) is 10.9. The van der Waals surface area contributed by atoms with Crippen molar-refractivity contribution in [2.45, 2.75) is 50.9 Å². The first-order chi connectivity index (χ1) is 15.2. The molecule has 1 heterocycles. The highest BCUT2D eigenvalue weighted by molar-refractivity contribution is 5.73. The lowest BCUT2D eigenvalue weighted by molar-refractivity contribution is -0.0583. The molecule has 6 nitrogen and oxygen atoms in total. The summed E-state index contributed by atoms with van der Waals surface area (Å²) in [6.07, 6.45) is 2.24. The molecule has 32 heavy (non-hydrogen) atoms. The summed E-state index contributed by atoms with van der Waals surface area (Å²) in [6, 6.07) is 16.2. The largest absolute Gasteiger partial charge is 0.496 e. The molecule has 1 aliphatic heterocycles. The minimum Gasteiger partial charge on any atom is -0.496 e. The fourth-order valence-corrected chi connectivity index (χ4v) is 4.26. The summed E-state index contributed by atoms with van der Waals surface area (Å²) in [5.74, 6) is 0.604. The molecule has 2 aromatic rings. The van der Waals surface area contributed by atoms with Gasteiger partial charge in [0.25, 0.3) is 0 Å². The van der Waals surface area contributed by atoms with Crippen LogP contribution in [0.1, 0.15) is 50.8 Å². The number of benzene rings is 2. The van der Waals surface area contributed by atoms with Gasteiger partial charge in [0.15, 0.2) is 0 Å². The molecule has 1 fully saturated rings. The fourth-order valence-electron chi connectivity index (χ4n) is 4.26. The summed E-state index contributed by atoms with van der Waals surface area (Å²) in [5.41, 5.74) is -0.0227. The molecule has 0 saturated carbocycles. The Morgan fingerprint density at radius 3 is 2.44 bits per heavy atom. The minimum absolute atomic E-state index is 0.281. The second-order valence-corrected chi connectivity index (χ2v) is 9.11. The third-order valence-corrected chi connectivity index (χ3v) is 5.55. The van der Waals surface area contributed by atoms with Crippen LogP contribution in [0.4, 0.5) is 4.79 Å². The molecular weight excluding hydrogens is 406 g/mol. The lowest BCUT2D eigenvalue weighted by Gasteiger charge is -2.46. The molecule has 1 saturated heterocycles. The molecule has 3 rings (SSSR count). The van der Waals surface area contributed by atoms with Crippen LogP contribution in [0.2, 0.25) is 0 Å². The number of methoxy groups -OCH3 is 1. The van der Waals surface area contributed by atoms with Crippen LogP contribution >= 0.6 is 0 Å². The molecule has 6 heteroatoms. The molecule has 0 spiro atoms. The Labute approximate surface area is 190 Å². The highest BCUT2D eigenvalue weighted by Crippen LogP contribution is 2.43. The van der Waals surface area contributed by atoms with E-state index < -0.39 is 23.3 Å². The second-order valence-electron chi connectivity index (χ2n) is 9.11. The number of carbonyl (C=O) groups excluding carboxylic acids is 1. The number of rotatable bonds is 5. The zero-order chi connectivity index (χ0) is 23.4. The van der Waals surface area contributed by atoms with Crippen LogP contribution in [0.3, 0.4) is 0 Å². The summed E-state index contributed by atoms with van der Waals surface area (Å²) in [7, 11) is 1.57. The van der Waals surface area contributed by atoms with E-state index in [9.17, 15) is 15.0 Å². The van der Waals surface area contributed by atoms with Crippen LogP contribution in [0, 0.1) is 0 Å². The molecule has 2 unspecified atom stereocenters. The number of hydrogen-bond acceptors (Lipinski definition) is 5. The van der Waals surface area contributed by atoms with E-state index in [0.717, 1.165) is 5.56 Å². The number of aliphatic hydroxyl groups excluding tert-OH is 1. The Bertz CT molecular complexity index is 950. The van der Waals surface area contributed by atoms with Gasteiger partial charge in [-0.15, -0.1) is 0 Å². The topological polar surface area (TPSA) is 79.2 Å². The number of likely N-dealkylation sites (tertiary alicyclic amines) is 1. The van der Waals surface area contributed by atoms with Crippen molar-refractivity contribution < 1.29 is 24.5 Å². The van der Waals surface area contributed by atoms with Gasteiger partial charge >= 0.3 is 6.09 Å². The number of carbonyl (C=O) groups is 1. The third-order valence-electron chi connectivity index (χ3n) is 5.55. The van der Waals surface area contributed by atoms with Crippen LogP contribution in [0.5, 0.6) is 5.75 Å². The van der Waals surface area contributed by atoms with Crippen LogP contribution < -0.4 is 4.74 Å². The van der Waals surface area contributed by atoms with Gasteiger partial charge < -0.3 is 19.7 Å². The number of piperidine rings is 1. The monoisotopic (exact) mass is 439 g/mol. The lowest BCUT2D eigenvalue weighted by atomic mass is 9.78. The second kappa shape index (κ2) is 9.76. The summed E-state index contributed by atoms with van der Waals surface area (Å²) in [5, 5.41) is 22.1. The van der Waals surface area contributed by atoms with Crippen LogP contribution in [0.15, 0.2) is 60.7 Å². The number of para-hydroxylation sites is 1. The molecule has 2 atom stereocenters. The van der Waals surface area contributed by atoms with E-state index in [0.29, 0.717) is 36.3 Å². The molecular formula is C26H33NO5. The first-order valence-corrected chi connectivity index (χ1v) is 10.9. The summed E-state index contributed by atoms with van der Waals surface area (Å²) < 4.78 is 11.1. The van der Waals surface area contributed by atoms with E-state index in [2.05, 4.69) is 0 Å².